The van der Waals surface area contributed by atoms with Gasteiger partial charge in [-0.05, 0) is 43.4 Å². The molecule has 5 rings (SSSR count). The quantitative estimate of drug-likeness (QED) is 0.435. The van der Waals surface area contributed by atoms with Gasteiger partial charge in [0, 0.05) is 36.9 Å². The highest BCUT2D eigenvalue weighted by atomic mass is 32.2. The van der Waals surface area contributed by atoms with Crippen molar-refractivity contribution in [2.45, 2.75) is 55.7 Å². The number of hydrogen-bond donors (Lipinski definition) is 0. The molecule has 0 bridgehead atoms. The molecule has 2 saturated heterocycles. The molecule has 2 atom stereocenters. The highest BCUT2D eigenvalue weighted by molar-refractivity contribution is 7.89. The highest BCUT2D eigenvalue weighted by Gasteiger charge is 2.53. The summed E-state index contributed by atoms with van der Waals surface area (Å²) in [4.78, 5) is 2.01. The Labute approximate surface area is 212 Å². The zero-order valence-corrected chi connectivity index (χ0v) is 20.7. The van der Waals surface area contributed by atoms with Crippen molar-refractivity contribution in [3.05, 3.63) is 78.1 Å². The minimum atomic E-state index is -4.76. The Hall–Kier alpha value is -2.99. The summed E-state index contributed by atoms with van der Waals surface area (Å²) in [5.74, 6) is -0.726. The number of nitrogens with zero attached hydrogens (tertiary/aromatic N) is 5. The number of aromatic nitrogens is 3. The van der Waals surface area contributed by atoms with E-state index in [9.17, 15) is 21.6 Å². The van der Waals surface area contributed by atoms with Crippen molar-refractivity contribution in [3.63, 3.8) is 0 Å². The molecule has 0 saturated carbocycles. The van der Waals surface area contributed by atoms with E-state index >= 15 is 4.39 Å². The van der Waals surface area contributed by atoms with E-state index in [4.69, 9.17) is 0 Å². The average molecular weight is 538 g/mol. The summed E-state index contributed by atoms with van der Waals surface area (Å²) < 4.78 is 86.1. The molecule has 0 amide bonds. The number of alkyl halides is 3. The van der Waals surface area contributed by atoms with Crippen LogP contribution in [0, 0.1) is 5.82 Å². The largest absolute Gasteiger partial charge is 0.405 e. The molecule has 0 spiro atoms. The Morgan fingerprint density at radius 2 is 1.59 bits per heavy atom. The number of rotatable bonds is 5. The topological polar surface area (TPSA) is 71.3 Å². The van der Waals surface area contributed by atoms with E-state index < -0.39 is 39.9 Å². The van der Waals surface area contributed by atoms with E-state index in [1.54, 1.807) is 49.1 Å². The summed E-state index contributed by atoms with van der Waals surface area (Å²) in [7, 11) is -4.40. The third kappa shape index (κ3) is 5.22. The Bertz CT molecular complexity index is 1310. The van der Waals surface area contributed by atoms with Gasteiger partial charge < -0.3 is 9.47 Å². The molecule has 2 aliphatic rings. The Morgan fingerprint density at radius 1 is 0.919 bits per heavy atom. The summed E-state index contributed by atoms with van der Waals surface area (Å²) in [6, 6.07) is 10.6. The first-order chi connectivity index (χ1) is 17.6. The van der Waals surface area contributed by atoms with E-state index in [1.807, 2.05) is 9.47 Å². The van der Waals surface area contributed by atoms with Crippen molar-refractivity contribution in [1.82, 2.24) is 19.1 Å². The number of sulfonamides is 1. The van der Waals surface area contributed by atoms with Gasteiger partial charge >= 0.3 is 6.18 Å². The molecular formula is C25H27F4N5O2S. The predicted molar refractivity (Wildman–Crippen MR) is 130 cm³/mol. The smallest absolute Gasteiger partial charge is 0.371 e. The third-order valence-corrected chi connectivity index (χ3v) is 9.60. The molecule has 37 heavy (non-hydrogen) atoms. The molecule has 2 fully saturated rings. The molecule has 0 radical (unpaired) electrons. The number of piperidine rings is 1. The second-order valence-corrected chi connectivity index (χ2v) is 11.6. The lowest BCUT2D eigenvalue weighted by Gasteiger charge is -2.40. The molecular weight excluding hydrogens is 510 g/mol. The van der Waals surface area contributed by atoms with Crippen LogP contribution in [0.2, 0.25) is 0 Å². The number of benzene rings is 2. The number of halogens is 4. The summed E-state index contributed by atoms with van der Waals surface area (Å²) in [5, 5.41) is 6.55. The lowest BCUT2D eigenvalue weighted by atomic mass is 10.0. The van der Waals surface area contributed by atoms with E-state index in [1.165, 1.54) is 12.1 Å². The normalized spacial score (nSPS) is 23.3. The maximum absolute atomic E-state index is 15.2. The van der Waals surface area contributed by atoms with Gasteiger partial charge in [0.25, 0.3) is 0 Å². The van der Waals surface area contributed by atoms with Gasteiger partial charge in [0.2, 0.25) is 10.0 Å². The van der Waals surface area contributed by atoms with Crippen molar-refractivity contribution >= 4 is 15.7 Å². The maximum Gasteiger partial charge on any atom is 0.405 e. The minimum Gasteiger partial charge on any atom is -0.371 e. The van der Waals surface area contributed by atoms with Gasteiger partial charge in [-0.15, -0.1) is 10.2 Å². The number of anilines is 1. The summed E-state index contributed by atoms with van der Waals surface area (Å²) in [5.41, 5.74) is 0.952. The van der Waals surface area contributed by atoms with Crippen LogP contribution in [0.3, 0.4) is 0 Å². The molecule has 198 valence electrons. The lowest BCUT2D eigenvalue weighted by molar-refractivity contribution is -0.176. The first-order valence-electron chi connectivity index (χ1n) is 12.1. The molecule has 3 aromatic rings. The molecule has 1 unspecified atom stereocenters. The summed E-state index contributed by atoms with van der Waals surface area (Å²) in [6.07, 6.45) is -0.355. The number of hydrogen-bond acceptors (Lipinski definition) is 5. The predicted octanol–water partition coefficient (Wildman–Crippen LogP) is 4.86. The lowest BCUT2D eigenvalue weighted by Crippen LogP contribution is -2.52. The summed E-state index contributed by atoms with van der Waals surface area (Å²) in [6.45, 7) is 0.645. The monoisotopic (exact) mass is 537 g/mol. The standard InChI is InChI=1S/C25H27F4N5O2S/c26-22-14-21(32-12-10-20(11-13-32)33-16-30-31-17-33)7-6-19(22)15-34-24(25(27,28)29)9-8-23(37(34,35)36)18-4-2-1-3-5-18/h1-7,14,16-17,20,23-24H,8-13,15H2/t23-,24?/m0/s1. The van der Waals surface area contributed by atoms with Crippen LogP contribution in [0.25, 0.3) is 0 Å². The van der Waals surface area contributed by atoms with Crippen molar-refractivity contribution in [2.24, 2.45) is 0 Å². The van der Waals surface area contributed by atoms with Crippen LogP contribution in [-0.4, -0.2) is 52.8 Å². The van der Waals surface area contributed by atoms with Gasteiger partial charge in [-0.25, -0.2) is 12.8 Å². The van der Waals surface area contributed by atoms with Crippen molar-refractivity contribution < 1.29 is 26.0 Å². The van der Waals surface area contributed by atoms with Crippen LogP contribution in [-0.2, 0) is 16.6 Å². The highest BCUT2D eigenvalue weighted by Crippen LogP contribution is 2.43. The Morgan fingerprint density at radius 3 is 2.22 bits per heavy atom. The minimum absolute atomic E-state index is 0.0883. The Kier molecular flexibility index (Phi) is 6.97. The van der Waals surface area contributed by atoms with Gasteiger partial charge in [-0.3, -0.25) is 0 Å². The maximum atomic E-state index is 15.2. The zero-order chi connectivity index (χ0) is 26.2. The van der Waals surface area contributed by atoms with Gasteiger partial charge in [-0.2, -0.15) is 17.5 Å². The van der Waals surface area contributed by atoms with E-state index in [2.05, 4.69) is 10.2 Å². The van der Waals surface area contributed by atoms with Gasteiger partial charge in [0.1, 0.15) is 29.8 Å². The van der Waals surface area contributed by atoms with E-state index in [-0.39, 0.29) is 24.4 Å². The van der Waals surface area contributed by atoms with E-state index in [0.717, 1.165) is 12.8 Å². The molecule has 12 heteroatoms. The van der Waals surface area contributed by atoms with Crippen LogP contribution < -0.4 is 4.90 Å². The van der Waals surface area contributed by atoms with Crippen LogP contribution in [0.1, 0.15) is 48.1 Å². The average Bonchev–Trinajstić information content (AvgIpc) is 3.41. The molecule has 2 aromatic carbocycles. The second kappa shape index (κ2) is 10.1. The first-order valence-corrected chi connectivity index (χ1v) is 13.6. The van der Waals surface area contributed by atoms with Crippen LogP contribution in [0.5, 0.6) is 0 Å². The third-order valence-electron chi connectivity index (χ3n) is 7.34. The molecule has 0 N–H and O–H groups in total. The fraction of sp³-hybridized carbons (Fsp3) is 0.440. The second-order valence-electron chi connectivity index (χ2n) is 9.53. The molecule has 3 heterocycles. The van der Waals surface area contributed by atoms with Crippen LogP contribution in [0.15, 0.2) is 61.2 Å². The summed E-state index contributed by atoms with van der Waals surface area (Å²) >= 11 is 0. The van der Waals surface area contributed by atoms with Gasteiger partial charge in [0.05, 0.1) is 0 Å². The molecule has 7 nitrogen and oxygen atoms in total. The molecule has 1 aromatic heterocycles. The SMILES string of the molecule is O=S1(=O)[C@H](c2ccccc2)CCC(C(F)(F)F)N1Cc1ccc(N2CCC(n3cnnc3)CC2)cc1F. The van der Waals surface area contributed by atoms with Crippen molar-refractivity contribution in [1.29, 1.82) is 0 Å². The van der Waals surface area contributed by atoms with Crippen molar-refractivity contribution in [3.8, 4) is 0 Å². The fourth-order valence-corrected chi connectivity index (χ4v) is 7.49. The van der Waals surface area contributed by atoms with Crippen LogP contribution in [0.4, 0.5) is 23.2 Å². The fourth-order valence-electron chi connectivity index (χ4n) is 5.32. The molecule has 2 aliphatic heterocycles. The van der Waals surface area contributed by atoms with E-state index in [0.29, 0.717) is 28.6 Å². The zero-order valence-electron chi connectivity index (χ0n) is 19.9. The van der Waals surface area contributed by atoms with Gasteiger partial charge in [-0.1, -0.05) is 36.4 Å². The van der Waals surface area contributed by atoms with Crippen molar-refractivity contribution in [2.75, 3.05) is 18.0 Å². The first kappa shape index (κ1) is 25.7. The van der Waals surface area contributed by atoms with Gasteiger partial charge in [0.15, 0.2) is 0 Å². The van der Waals surface area contributed by atoms with Crippen LogP contribution >= 0.6 is 0 Å². The Balaban J connectivity index is 1.36. The molecule has 0 aliphatic carbocycles.